The monoisotopic (exact) mass is 224 g/mol. The molecule has 0 aliphatic carbocycles. The Hall–Kier alpha value is -1.69. The van der Waals surface area contributed by atoms with Crippen molar-refractivity contribution in [2.75, 3.05) is 32.1 Å². The lowest BCUT2D eigenvalue weighted by Crippen LogP contribution is -2.24. The number of anilines is 1. The normalized spacial score (nSPS) is 9.88. The molecule has 1 heterocycles. The van der Waals surface area contributed by atoms with Crippen molar-refractivity contribution in [2.24, 2.45) is 0 Å². The van der Waals surface area contributed by atoms with E-state index in [-0.39, 0.29) is 5.91 Å². The summed E-state index contributed by atoms with van der Waals surface area (Å²) in [4.78, 5) is 11.4. The fraction of sp³-hybridized carbons (Fsp3) is 0.500. The van der Waals surface area contributed by atoms with Gasteiger partial charge in [-0.15, -0.1) is 10.2 Å². The summed E-state index contributed by atoms with van der Waals surface area (Å²) in [6.07, 6.45) is 0. The Morgan fingerprint density at radius 2 is 2.25 bits per heavy atom. The van der Waals surface area contributed by atoms with Crippen LogP contribution in [0.2, 0.25) is 0 Å². The van der Waals surface area contributed by atoms with Crippen LogP contribution >= 0.6 is 0 Å². The molecule has 0 fully saturated rings. The van der Waals surface area contributed by atoms with Crippen LogP contribution in [0.5, 0.6) is 0 Å². The predicted molar refractivity (Wildman–Crippen MR) is 60.4 cm³/mol. The van der Waals surface area contributed by atoms with Crippen LogP contribution in [0.1, 0.15) is 17.4 Å². The van der Waals surface area contributed by atoms with Crippen molar-refractivity contribution >= 4 is 11.7 Å². The van der Waals surface area contributed by atoms with Crippen molar-refractivity contribution in [1.29, 1.82) is 0 Å². The van der Waals surface area contributed by atoms with Crippen LogP contribution in [-0.4, -0.2) is 42.9 Å². The molecule has 0 saturated carbocycles. The Morgan fingerprint density at radius 1 is 1.44 bits per heavy atom. The predicted octanol–water partition coefficient (Wildman–Crippen LogP) is 0.285. The zero-order valence-corrected chi connectivity index (χ0v) is 9.49. The average molecular weight is 224 g/mol. The zero-order chi connectivity index (χ0) is 11.8. The number of nitrogens with one attached hydrogen (secondary N) is 2. The van der Waals surface area contributed by atoms with Crippen LogP contribution in [0.25, 0.3) is 0 Å². The van der Waals surface area contributed by atoms with Gasteiger partial charge in [0.05, 0.1) is 6.61 Å². The minimum atomic E-state index is -0.210. The van der Waals surface area contributed by atoms with Crippen LogP contribution < -0.4 is 10.6 Å². The molecule has 0 bridgehead atoms. The summed E-state index contributed by atoms with van der Waals surface area (Å²) in [6, 6.07) is 3.35. The van der Waals surface area contributed by atoms with E-state index in [1.807, 2.05) is 6.92 Å². The van der Waals surface area contributed by atoms with Gasteiger partial charge in [0.2, 0.25) is 0 Å². The third-order valence-electron chi connectivity index (χ3n) is 1.85. The Morgan fingerprint density at radius 3 is 2.81 bits per heavy atom. The van der Waals surface area contributed by atoms with E-state index >= 15 is 0 Å². The summed E-state index contributed by atoms with van der Waals surface area (Å²) in [5.41, 5.74) is 0.319. The van der Waals surface area contributed by atoms with Crippen molar-refractivity contribution in [3.63, 3.8) is 0 Å². The van der Waals surface area contributed by atoms with E-state index in [1.165, 1.54) is 0 Å². The maximum absolute atomic E-state index is 11.4. The van der Waals surface area contributed by atoms with Gasteiger partial charge in [-0.2, -0.15) is 0 Å². The third kappa shape index (κ3) is 3.82. The van der Waals surface area contributed by atoms with Gasteiger partial charge in [-0.1, -0.05) is 0 Å². The molecule has 0 aliphatic rings. The number of hydrogen-bond acceptors (Lipinski definition) is 5. The Balaban J connectivity index is 2.50. The Labute approximate surface area is 94.4 Å². The van der Waals surface area contributed by atoms with Crippen molar-refractivity contribution in [2.45, 2.75) is 6.92 Å². The molecule has 0 aromatic carbocycles. The quantitative estimate of drug-likeness (QED) is 0.679. The summed E-state index contributed by atoms with van der Waals surface area (Å²) in [6.45, 7) is 3.69. The minimum absolute atomic E-state index is 0.210. The van der Waals surface area contributed by atoms with E-state index in [4.69, 9.17) is 4.74 Å². The van der Waals surface area contributed by atoms with Gasteiger partial charge >= 0.3 is 0 Å². The van der Waals surface area contributed by atoms with E-state index in [2.05, 4.69) is 20.8 Å². The average Bonchev–Trinajstić information content (AvgIpc) is 2.30. The highest BCUT2D eigenvalue weighted by Gasteiger charge is 2.05. The van der Waals surface area contributed by atoms with E-state index in [1.54, 1.807) is 19.2 Å². The molecule has 0 unspecified atom stereocenters. The molecule has 1 amide bonds. The highest BCUT2D eigenvalue weighted by molar-refractivity contribution is 5.92. The molecular weight excluding hydrogens is 208 g/mol. The maximum Gasteiger partial charge on any atom is 0.271 e. The topological polar surface area (TPSA) is 76.1 Å². The van der Waals surface area contributed by atoms with Gasteiger partial charge < -0.3 is 15.4 Å². The molecule has 0 atom stereocenters. The van der Waals surface area contributed by atoms with E-state index in [9.17, 15) is 4.79 Å². The van der Waals surface area contributed by atoms with Crippen LogP contribution in [0.3, 0.4) is 0 Å². The second-order valence-electron chi connectivity index (χ2n) is 3.08. The molecule has 1 aromatic rings. The molecular formula is C10H16N4O2. The Bertz CT molecular complexity index is 326. The number of amides is 1. The van der Waals surface area contributed by atoms with Crippen molar-refractivity contribution in [3.05, 3.63) is 17.8 Å². The molecule has 6 nitrogen and oxygen atoms in total. The summed E-state index contributed by atoms with van der Waals surface area (Å²) >= 11 is 0. The molecule has 6 heteroatoms. The lowest BCUT2D eigenvalue weighted by Gasteiger charge is -2.04. The number of carbonyl (C=O) groups is 1. The van der Waals surface area contributed by atoms with Crippen molar-refractivity contribution in [3.8, 4) is 0 Å². The summed E-state index contributed by atoms with van der Waals surface area (Å²) in [5.74, 6) is 0.420. The fourth-order valence-corrected chi connectivity index (χ4v) is 1.08. The SMILES string of the molecule is CCNC(=O)c1ccc(NCCOC)nn1. The molecule has 1 rings (SSSR count). The van der Waals surface area contributed by atoms with Crippen LogP contribution in [0, 0.1) is 0 Å². The molecule has 0 radical (unpaired) electrons. The standard InChI is InChI=1S/C10H16N4O2/c1-3-11-10(15)8-4-5-9(14-13-8)12-6-7-16-2/h4-5H,3,6-7H2,1-2H3,(H,11,15)(H,12,14). The lowest BCUT2D eigenvalue weighted by atomic mass is 10.3. The second-order valence-corrected chi connectivity index (χ2v) is 3.08. The molecule has 0 spiro atoms. The maximum atomic E-state index is 11.4. The van der Waals surface area contributed by atoms with E-state index < -0.39 is 0 Å². The summed E-state index contributed by atoms with van der Waals surface area (Å²) in [5, 5.41) is 13.4. The molecule has 0 saturated heterocycles. The smallest absolute Gasteiger partial charge is 0.271 e. The molecule has 88 valence electrons. The first-order chi connectivity index (χ1) is 7.77. The van der Waals surface area contributed by atoms with Gasteiger partial charge in [-0.05, 0) is 19.1 Å². The van der Waals surface area contributed by atoms with Gasteiger partial charge in [0.1, 0.15) is 5.82 Å². The van der Waals surface area contributed by atoms with Crippen LogP contribution in [0.4, 0.5) is 5.82 Å². The van der Waals surface area contributed by atoms with Crippen LogP contribution in [-0.2, 0) is 4.74 Å². The van der Waals surface area contributed by atoms with E-state index in [0.29, 0.717) is 31.2 Å². The molecule has 0 aliphatic heterocycles. The number of carbonyl (C=O) groups excluding carboxylic acids is 1. The minimum Gasteiger partial charge on any atom is -0.383 e. The van der Waals surface area contributed by atoms with Gasteiger partial charge in [-0.3, -0.25) is 4.79 Å². The first-order valence-corrected chi connectivity index (χ1v) is 5.12. The third-order valence-corrected chi connectivity index (χ3v) is 1.85. The van der Waals surface area contributed by atoms with Crippen molar-refractivity contribution < 1.29 is 9.53 Å². The van der Waals surface area contributed by atoms with Gasteiger partial charge in [-0.25, -0.2) is 0 Å². The zero-order valence-electron chi connectivity index (χ0n) is 9.49. The van der Waals surface area contributed by atoms with Gasteiger partial charge in [0, 0.05) is 20.2 Å². The fourth-order valence-electron chi connectivity index (χ4n) is 1.08. The number of aromatic nitrogens is 2. The molecule has 16 heavy (non-hydrogen) atoms. The van der Waals surface area contributed by atoms with Crippen LogP contribution in [0.15, 0.2) is 12.1 Å². The number of hydrogen-bond donors (Lipinski definition) is 2. The first kappa shape index (κ1) is 12.4. The lowest BCUT2D eigenvalue weighted by molar-refractivity contribution is 0.0950. The number of nitrogens with zero attached hydrogens (tertiary/aromatic N) is 2. The highest BCUT2D eigenvalue weighted by atomic mass is 16.5. The van der Waals surface area contributed by atoms with Gasteiger partial charge in [0.15, 0.2) is 5.69 Å². The molecule has 2 N–H and O–H groups in total. The second kappa shape index (κ2) is 6.73. The first-order valence-electron chi connectivity index (χ1n) is 5.12. The number of rotatable bonds is 6. The van der Waals surface area contributed by atoms with Gasteiger partial charge in [0.25, 0.3) is 5.91 Å². The van der Waals surface area contributed by atoms with E-state index in [0.717, 1.165) is 0 Å². The number of ether oxygens (including phenoxy) is 1. The summed E-state index contributed by atoms with van der Waals surface area (Å²) < 4.78 is 4.88. The highest BCUT2D eigenvalue weighted by Crippen LogP contribution is 2.01. The number of methoxy groups -OCH3 is 1. The summed E-state index contributed by atoms with van der Waals surface area (Å²) in [7, 11) is 1.63. The largest absolute Gasteiger partial charge is 0.383 e. The molecule has 1 aromatic heterocycles. The Kier molecular flexibility index (Phi) is 5.21. The van der Waals surface area contributed by atoms with Crippen molar-refractivity contribution in [1.82, 2.24) is 15.5 Å².